The Bertz CT molecular complexity index is 1430. The molecule has 5 N–H and O–H groups in total. The van der Waals surface area contributed by atoms with E-state index in [-0.39, 0.29) is 24.0 Å². The van der Waals surface area contributed by atoms with Crippen LogP contribution in [-0.4, -0.2) is 81.6 Å². The quantitative estimate of drug-likeness (QED) is 0.287. The molecule has 2 rings (SSSR count). The van der Waals surface area contributed by atoms with Gasteiger partial charge in [-0.2, -0.15) is 0 Å². The van der Waals surface area contributed by atoms with E-state index in [1.54, 1.807) is 46.8 Å². The molecule has 12 heteroatoms. The van der Waals surface area contributed by atoms with Gasteiger partial charge in [0, 0.05) is 26.9 Å². The van der Waals surface area contributed by atoms with E-state index in [1.165, 1.54) is 36.0 Å². The van der Waals surface area contributed by atoms with Crippen molar-refractivity contribution in [3.8, 4) is 11.5 Å². The predicted octanol–water partition coefficient (Wildman–Crippen LogP) is 4.01. The van der Waals surface area contributed by atoms with E-state index in [1.807, 2.05) is 20.8 Å². The van der Waals surface area contributed by atoms with E-state index in [0.717, 1.165) is 12.1 Å². The molecule has 0 saturated carbocycles. The molecule has 46 heavy (non-hydrogen) atoms. The van der Waals surface area contributed by atoms with Crippen LogP contribution in [-0.2, 0) is 37.4 Å². The van der Waals surface area contributed by atoms with Crippen molar-refractivity contribution in [1.82, 2.24) is 15.1 Å². The van der Waals surface area contributed by atoms with Gasteiger partial charge >= 0.3 is 6.09 Å². The van der Waals surface area contributed by atoms with Crippen molar-refractivity contribution in [2.24, 2.45) is 11.7 Å². The number of nitrogens with one attached hydrogen (secondary N) is 1. The van der Waals surface area contributed by atoms with Crippen LogP contribution in [0.2, 0.25) is 0 Å². The van der Waals surface area contributed by atoms with Crippen molar-refractivity contribution in [3.05, 3.63) is 58.9 Å². The highest BCUT2D eigenvalue weighted by molar-refractivity contribution is 5.93. The average Bonchev–Trinajstić information content (AvgIpc) is 2.91. The summed E-state index contributed by atoms with van der Waals surface area (Å²) >= 11 is 0. The molecule has 0 saturated heterocycles. The molecule has 0 heterocycles. The summed E-state index contributed by atoms with van der Waals surface area (Å²) in [5, 5.41) is 22.5. The van der Waals surface area contributed by atoms with Crippen LogP contribution in [0.5, 0.6) is 11.5 Å². The van der Waals surface area contributed by atoms with Crippen molar-refractivity contribution < 1.29 is 38.5 Å². The van der Waals surface area contributed by atoms with E-state index in [4.69, 9.17) is 10.5 Å². The fourth-order valence-electron chi connectivity index (χ4n) is 5.17. The van der Waals surface area contributed by atoms with Gasteiger partial charge in [-0.1, -0.05) is 52.8 Å². The first-order chi connectivity index (χ1) is 21.0. The van der Waals surface area contributed by atoms with Gasteiger partial charge in [-0.3, -0.25) is 14.4 Å². The van der Waals surface area contributed by atoms with Gasteiger partial charge in [-0.25, -0.2) is 9.18 Å². The van der Waals surface area contributed by atoms with Crippen LogP contribution in [0.4, 0.5) is 9.18 Å². The highest BCUT2D eigenvalue weighted by Gasteiger charge is 2.39. The number of likely N-dealkylation sites (N-methyl/N-ethyl adjacent to an activating group) is 2. The highest BCUT2D eigenvalue weighted by atomic mass is 19.1. The highest BCUT2D eigenvalue weighted by Crippen LogP contribution is 2.32. The van der Waals surface area contributed by atoms with Gasteiger partial charge in [0.15, 0.2) is 11.6 Å². The van der Waals surface area contributed by atoms with E-state index in [0.29, 0.717) is 16.7 Å². The van der Waals surface area contributed by atoms with Crippen molar-refractivity contribution >= 4 is 23.8 Å². The zero-order valence-electron chi connectivity index (χ0n) is 28.5. The van der Waals surface area contributed by atoms with Crippen LogP contribution in [0.15, 0.2) is 36.4 Å². The number of carbonyl (C=O) groups is 4. The van der Waals surface area contributed by atoms with E-state index in [2.05, 4.69) is 5.32 Å². The zero-order chi connectivity index (χ0) is 35.3. The molecule has 0 aliphatic rings. The molecular formula is C34H49FN4O7. The second kappa shape index (κ2) is 14.8. The summed E-state index contributed by atoms with van der Waals surface area (Å²) < 4.78 is 19.5. The maximum Gasteiger partial charge on any atom is 0.408 e. The molecule has 0 bridgehead atoms. The number of nitrogens with zero attached hydrogens (tertiary/aromatic N) is 2. The Hall–Kier alpha value is -4.35. The molecule has 0 aliphatic carbocycles. The summed E-state index contributed by atoms with van der Waals surface area (Å²) in [4.78, 5) is 55.8. The number of rotatable bonds is 11. The number of carbonyl (C=O) groups excluding carboxylic acids is 4. The number of aromatic hydroxyl groups is 2. The predicted molar refractivity (Wildman–Crippen MR) is 173 cm³/mol. The minimum atomic E-state index is -1.28. The first-order valence-electron chi connectivity index (χ1n) is 15.2. The molecule has 2 aromatic rings. The summed E-state index contributed by atoms with van der Waals surface area (Å²) in [7, 11) is 2.85. The van der Waals surface area contributed by atoms with Crippen LogP contribution in [0.3, 0.4) is 0 Å². The zero-order valence-corrected chi connectivity index (χ0v) is 28.5. The lowest BCUT2D eigenvalue weighted by atomic mass is 9.84. The normalized spacial score (nSPS) is 13.8. The van der Waals surface area contributed by atoms with Gasteiger partial charge in [-0.15, -0.1) is 0 Å². The largest absolute Gasteiger partial charge is 0.508 e. The van der Waals surface area contributed by atoms with Crippen LogP contribution in [0.1, 0.15) is 72.1 Å². The second-order valence-corrected chi connectivity index (χ2v) is 14.0. The Morgan fingerprint density at radius 1 is 0.870 bits per heavy atom. The number of phenolic OH excluding ortho intramolecular Hbond substituents is 2. The number of hydrogen-bond acceptors (Lipinski definition) is 7. The molecule has 0 aromatic heterocycles. The number of amides is 4. The molecule has 2 aromatic carbocycles. The average molecular weight is 645 g/mol. The number of nitrogens with two attached hydrogens (primary N) is 1. The van der Waals surface area contributed by atoms with Crippen molar-refractivity contribution in [1.29, 1.82) is 0 Å². The van der Waals surface area contributed by atoms with Crippen molar-refractivity contribution in [2.45, 2.75) is 97.4 Å². The summed E-state index contributed by atoms with van der Waals surface area (Å²) in [5.74, 6) is -3.76. The number of benzene rings is 2. The van der Waals surface area contributed by atoms with Gasteiger partial charge < -0.3 is 35.8 Å². The Balaban J connectivity index is 2.42. The number of primary amides is 1. The van der Waals surface area contributed by atoms with Crippen LogP contribution < -0.4 is 11.1 Å². The molecule has 0 fully saturated rings. The molecule has 11 nitrogen and oxygen atoms in total. The van der Waals surface area contributed by atoms with Crippen LogP contribution in [0, 0.1) is 11.7 Å². The van der Waals surface area contributed by atoms with Crippen molar-refractivity contribution in [3.63, 3.8) is 0 Å². The Labute approximate surface area is 270 Å². The lowest BCUT2D eigenvalue weighted by molar-refractivity contribution is -0.149. The van der Waals surface area contributed by atoms with E-state index in [9.17, 15) is 33.8 Å². The molecule has 0 radical (unpaired) electrons. The molecule has 4 amide bonds. The first-order valence-corrected chi connectivity index (χ1v) is 15.2. The molecule has 3 atom stereocenters. The van der Waals surface area contributed by atoms with Crippen molar-refractivity contribution in [2.75, 3.05) is 14.1 Å². The molecule has 0 spiro atoms. The first kappa shape index (κ1) is 37.8. The monoisotopic (exact) mass is 644 g/mol. The van der Waals surface area contributed by atoms with Gasteiger partial charge in [0.05, 0.1) is 0 Å². The Kier molecular flexibility index (Phi) is 12.2. The van der Waals surface area contributed by atoms with Gasteiger partial charge in [0.2, 0.25) is 17.7 Å². The number of ether oxygens (including phenoxy) is 1. The second-order valence-electron chi connectivity index (χ2n) is 14.0. The van der Waals surface area contributed by atoms with Gasteiger partial charge in [0.25, 0.3) is 0 Å². The molecule has 0 unspecified atom stereocenters. The summed E-state index contributed by atoms with van der Waals surface area (Å²) in [6.45, 7) is 14.3. The minimum absolute atomic E-state index is 0.0681. The molecule has 0 aliphatic heterocycles. The number of alkyl carbamates (subject to hydrolysis) is 1. The number of phenols is 2. The SMILES string of the molecule is CC(C)[C@@H](C(=O)N(C)[C@@H](Cc1ccc(O)c(C(C)(C)C)c1)C(N)=O)N(C)C(=O)[C@H](Cc1ccc(O)c(F)c1)NC(=O)OC(C)(C)C. The smallest absolute Gasteiger partial charge is 0.408 e. The van der Waals surface area contributed by atoms with Gasteiger partial charge in [-0.05, 0) is 67.0 Å². The lowest BCUT2D eigenvalue weighted by Crippen LogP contribution is -2.59. The maximum absolute atomic E-state index is 14.1. The fraction of sp³-hybridized carbons (Fsp3) is 0.529. The Morgan fingerprint density at radius 2 is 1.41 bits per heavy atom. The van der Waals surface area contributed by atoms with Crippen LogP contribution >= 0.6 is 0 Å². The van der Waals surface area contributed by atoms with Gasteiger partial charge in [0.1, 0.15) is 29.5 Å². The summed E-state index contributed by atoms with van der Waals surface area (Å²) in [6.07, 6.45) is -0.992. The van der Waals surface area contributed by atoms with E-state index < -0.39 is 65.0 Å². The number of hydrogen-bond donors (Lipinski definition) is 4. The number of halogens is 1. The van der Waals surface area contributed by atoms with Crippen LogP contribution in [0.25, 0.3) is 0 Å². The molecular weight excluding hydrogens is 595 g/mol. The lowest BCUT2D eigenvalue weighted by Gasteiger charge is -2.37. The van der Waals surface area contributed by atoms with E-state index >= 15 is 0 Å². The maximum atomic E-state index is 14.1. The summed E-state index contributed by atoms with van der Waals surface area (Å²) in [6, 6.07) is 5.15. The standard InChI is InChI=1S/C34H49FN4O7/c1-19(2)28(31(44)38(9)25(29(36)42)18-20-11-13-26(40)22(15-20)33(3,4)5)39(10)30(43)24(37-32(45)46-34(6,7)8)17-21-12-14-27(41)23(35)16-21/h11-16,19,24-25,28,40-41H,17-18H2,1-10H3,(H2,36,42)(H,37,45)/t24-,25-,28-/m0/s1. The third-order valence-electron chi connectivity index (χ3n) is 7.53. The third kappa shape index (κ3) is 10.1. The third-order valence-corrected chi connectivity index (χ3v) is 7.53. The Morgan fingerprint density at radius 3 is 1.89 bits per heavy atom. The molecule has 254 valence electrons. The topological polar surface area (TPSA) is 162 Å². The fourth-order valence-corrected chi connectivity index (χ4v) is 5.17. The summed E-state index contributed by atoms with van der Waals surface area (Å²) in [5.41, 5.74) is 6.18. The minimum Gasteiger partial charge on any atom is -0.508 e.